The zero-order valence-electron chi connectivity index (χ0n) is 8.12. The van der Waals surface area contributed by atoms with Crippen molar-refractivity contribution in [3.8, 4) is 0 Å². The Morgan fingerprint density at radius 3 is 3.00 bits per heavy atom. The van der Waals surface area contributed by atoms with Crippen LogP contribution >= 0.6 is 0 Å². The fraction of sp³-hybridized carbons (Fsp3) is 0.182. The van der Waals surface area contributed by atoms with E-state index >= 15 is 0 Å². The highest BCUT2D eigenvalue weighted by atomic mass is 14.6. The SMILES string of the molecule is CCc1cnc2ccccc2c1.[H+]. The van der Waals surface area contributed by atoms with Gasteiger partial charge >= 0.3 is 1.43 Å². The highest BCUT2D eigenvalue weighted by molar-refractivity contribution is 5.78. The van der Waals surface area contributed by atoms with Gasteiger partial charge in [-0.25, -0.2) is 0 Å². The van der Waals surface area contributed by atoms with Gasteiger partial charge in [-0.1, -0.05) is 25.1 Å². The van der Waals surface area contributed by atoms with Crippen LogP contribution in [0.15, 0.2) is 36.5 Å². The van der Waals surface area contributed by atoms with Crippen LogP contribution in [0.2, 0.25) is 0 Å². The van der Waals surface area contributed by atoms with Crippen molar-refractivity contribution in [1.82, 2.24) is 4.98 Å². The van der Waals surface area contributed by atoms with Crippen molar-refractivity contribution < 1.29 is 1.43 Å². The Balaban J connectivity index is 0.000000845. The van der Waals surface area contributed by atoms with Gasteiger partial charge in [0.15, 0.2) is 0 Å². The molecule has 60 valence electrons. The molecular weight excluding hydrogens is 146 g/mol. The van der Waals surface area contributed by atoms with Gasteiger partial charge in [0.1, 0.15) is 0 Å². The largest absolute Gasteiger partial charge is 1.00 e. The quantitative estimate of drug-likeness (QED) is 0.621. The number of hydrogen-bond donors (Lipinski definition) is 0. The van der Waals surface area contributed by atoms with Crippen molar-refractivity contribution >= 4 is 10.9 Å². The van der Waals surface area contributed by atoms with Gasteiger partial charge in [-0.15, -0.1) is 0 Å². The molecule has 0 aliphatic rings. The molecule has 0 N–H and O–H groups in total. The lowest BCUT2D eigenvalue weighted by Crippen LogP contribution is -1.83. The number of benzene rings is 1. The van der Waals surface area contributed by atoms with Gasteiger partial charge in [0.25, 0.3) is 0 Å². The first-order chi connectivity index (χ1) is 5.90. The molecule has 0 aliphatic heterocycles. The first-order valence-corrected chi connectivity index (χ1v) is 4.24. The molecule has 1 aromatic heterocycles. The van der Waals surface area contributed by atoms with E-state index in [1.165, 1.54) is 10.9 Å². The summed E-state index contributed by atoms with van der Waals surface area (Å²) in [5.41, 5.74) is 2.38. The molecule has 0 saturated carbocycles. The molecule has 12 heavy (non-hydrogen) atoms. The minimum Gasteiger partial charge on any atom is -0.256 e. The van der Waals surface area contributed by atoms with E-state index in [9.17, 15) is 0 Å². The molecule has 0 bridgehead atoms. The number of para-hydroxylation sites is 1. The monoisotopic (exact) mass is 158 g/mol. The third-order valence-electron chi connectivity index (χ3n) is 2.06. The number of aromatic nitrogens is 1. The Bertz CT molecular complexity index is 398. The van der Waals surface area contributed by atoms with Crippen molar-refractivity contribution in [3.05, 3.63) is 42.1 Å². The Labute approximate surface area is 73.5 Å². The lowest BCUT2D eigenvalue weighted by atomic mass is 10.1. The zero-order chi connectivity index (χ0) is 8.39. The molecule has 2 aromatic rings. The Hall–Kier alpha value is -1.37. The van der Waals surface area contributed by atoms with Crippen LogP contribution in [-0.2, 0) is 6.42 Å². The summed E-state index contributed by atoms with van der Waals surface area (Å²) in [5, 5.41) is 1.23. The number of hydrogen-bond acceptors (Lipinski definition) is 1. The van der Waals surface area contributed by atoms with Crippen molar-refractivity contribution in [2.24, 2.45) is 0 Å². The van der Waals surface area contributed by atoms with E-state index in [4.69, 9.17) is 0 Å². The lowest BCUT2D eigenvalue weighted by molar-refractivity contribution is 1.12. The standard InChI is InChI=1S/C11H11N/c1-2-9-7-10-5-3-4-6-11(10)12-8-9/h3-8H,2H2,1H3/p+1. The molecule has 0 fully saturated rings. The van der Waals surface area contributed by atoms with Crippen LogP contribution in [0.5, 0.6) is 0 Å². The third-order valence-corrected chi connectivity index (χ3v) is 2.06. The van der Waals surface area contributed by atoms with Crippen LogP contribution in [-0.4, -0.2) is 4.98 Å². The molecule has 1 nitrogen and oxygen atoms in total. The van der Waals surface area contributed by atoms with Crippen LogP contribution in [0, 0.1) is 0 Å². The highest BCUT2D eigenvalue weighted by Crippen LogP contribution is 2.12. The van der Waals surface area contributed by atoms with Crippen LogP contribution < -0.4 is 0 Å². The van der Waals surface area contributed by atoms with Crippen molar-refractivity contribution in [1.29, 1.82) is 0 Å². The van der Waals surface area contributed by atoms with E-state index in [-0.39, 0.29) is 1.43 Å². The average Bonchev–Trinajstić information content (AvgIpc) is 2.17. The first-order valence-electron chi connectivity index (χ1n) is 4.24. The normalized spacial score (nSPS) is 10.4. The summed E-state index contributed by atoms with van der Waals surface area (Å²) in [7, 11) is 0. The van der Waals surface area contributed by atoms with Crippen LogP contribution in [0.25, 0.3) is 10.9 Å². The van der Waals surface area contributed by atoms with E-state index in [0.717, 1.165) is 11.9 Å². The minimum absolute atomic E-state index is 0. The second-order valence-corrected chi connectivity index (χ2v) is 2.89. The maximum absolute atomic E-state index is 4.35. The van der Waals surface area contributed by atoms with Gasteiger partial charge < -0.3 is 0 Å². The number of nitrogens with zero attached hydrogens (tertiary/aromatic N) is 1. The molecule has 1 heteroatoms. The second-order valence-electron chi connectivity index (χ2n) is 2.89. The minimum atomic E-state index is 0. The molecule has 0 radical (unpaired) electrons. The third kappa shape index (κ3) is 1.18. The number of fused-ring (bicyclic) bond motifs is 1. The van der Waals surface area contributed by atoms with Gasteiger partial charge in [-0.05, 0) is 24.1 Å². The Morgan fingerprint density at radius 1 is 1.33 bits per heavy atom. The van der Waals surface area contributed by atoms with Crippen molar-refractivity contribution in [2.75, 3.05) is 0 Å². The van der Waals surface area contributed by atoms with Crippen LogP contribution in [0.4, 0.5) is 0 Å². The summed E-state index contributed by atoms with van der Waals surface area (Å²) in [6, 6.07) is 10.4. The first kappa shape index (κ1) is 7.29. The summed E-state index contributed by atoms with van der Waals surface area (Å²) >= 11 is 0. The molecule has 1 aromatic carbocycles. The summed E-state index contributed by atoms with van der Waals surface area (Å²) in [6.45, 7) is 2.14. The fourth-order valence-corrected chi connectivity index (χ4v) is 1.31. The molecule has 1 heterocycles. The Morgan fingerprint density at radius 2 is 2.17 bits per heavy atom. The summed E-state index contributed by atoms with van der Waals surface area (Å²) in [5.74, 6) is 0. The van der Waals surface area contributed by atoms with Gasteiger partial charge in [-0.3, -0.25) is 4.98 Å². The summed E-state index contributed by atoms with van der Waals surface area (Å²) in [4.78, 5) is 4.35. The van der Waals surface area contributed by atoms with E-state index in [1.807, 2.05) is 24.4 Å². The summed E-state index contributed by atoms with van der Waals surface area (Å²) < 4.78 is 0. The van der Waals surface area contributed by atoms with E-state index in [1.54, 1.807) is 0 Å². The van der Waals surface area contributed by atoms with Gasteiger partial charge in [0.2, 0.25) is 0 Å². The van der Waals surface area contributed by atoms with Gasteiger partial charge in [0, 0.05) is 11.6 Å². The van der Waals surface area contributed by atoms with Crippen molar-refractivity contribution in [3.63, 3.8) is 0 Å². The van der Waals surface area contributed by atoms with E-state index < -0.39 is 0 Å². The lowest BCUT2D eigenvalue weighted by Gasteiger charge is -1.98. The molecular formula is C11H12N+. The fourth-order valence-electron chi connectivity index (χ4n) is 1.31. The Kier molecular flexibility index (Phi) is 1.78. The molecule has 0 atom stereocenters. The predicted octanol–water partition coefficient (Wildman–Crippen LogP) is 2.91. The molecule has 0 saturated heterocycles. The van der Waals surface area contributed by atoms with Gasteiger partial charge in [0.05, 0.1) is 5.52 Å². The topological polar surface area (TPSA) is 12.9 Å². The number of aryl methyl sites for hydroxylation is 1. The zero-order valence-corrected chi connectivity index (χ0v) is 7.12. The van der Waals surface area contributed by atoms with Gasteiger partial charge in [-0.2, -0.15) is 0 Å². The second kappa shape index (κ2) is 2.94. The van der Waals surface area contributed by atoms with E-state index in [2.05, 4.69) is 24.0 Å². The van der Waals surface area contributed by atoms with E-state index in [0.29, 0.717) is 0 Å². The number of rotatable bonds is 1. The average molecular weight is 158 g/mol. The predicted molar refractivity (Wildman–Crippen MR) is 52.2 cm³/mol. The molecule has 0 aliphatic carbocycles. The smallest absolute Gasteiger partial charge is 0.256 e. The highest BCUT2D eigenvalue weighted by Gasteiger charge is 1.93. The number of pyridine rings is 1. The van der Waals surface area contributed by atoms with Crippen molar-refractivity contribution in [2.45, 2.75) is 13.3 Å². The molecule has 0 spiro atoms. The van der Waals surface area contributed by atoms with Crippen LogP contribution in [0.1, 0.15) is 13.9 Å². The molecule has 0 amide bonds. The summed E-state index contributed by atoms with van der Waals surface area (Å²) in [6.07, 6.45) is 3.00. The maximum atomic E-state index is 4.35. The molecule has 2 rings (SSSR count). The molecule has 0 unspecified atom stereocenters. The maximum Gasteiger partial charge on any atom is 1.00 e. The van der Waals surface area contributed by atoms with Crippen LogP contribution in [0.3, 0.4) is 0 Å².